The first kappa shape index (κ1) is 21.2. The number of nitrogens with zero attached hydrogens (tertiary/aromatic N) is 2. The van der Waals surface area contributed by atoms with E-state index in [-0.39, 0.29) is 30.0 Å². The summed E-state index contributed by atoms with van der Waals surface area (Å²) in [5.41, 5.74) is 0.392. The predicted molar refractivity (Wildman–Crippen MR) is 101 cm³/mol. The Labute approximate surface area is 167 Å². The van der Waals surface area contributed by atoms with Gasteiger partial charge in [-0.1, -0.05) is 12.2 Å². The minimum absolute atomic E-state index is 0.0687. The topological polar surface area (TPSA) is 61.9 Å². The van der Waals surface area contributed by atoms with Crippen molar-refractivity contribution in [2.24, 2.45) is 5.92 Å². The molecular formula is C20H24F3N3O3. The first-order chi connectivity index (χ1) is 13.8. The molecule has 1 N–H and O–H groups in total. The van der Waals surface area contributed by atoms with Crippen molar-refractivity contribution < 1.29 is 27.5 Å². The van der Waals surface area contributed by atoms with Gasteiger partial charge in [-0.2, -0.15) is 0 Å². The molecule has 6 nitrogen and oxygen atoms in total. The van der Waals surface area contributed by atoms with Crippen LogP contribution in [0.4, 0.5) is 18.9 Å². The maximum Gasteiger partial charge on any atom is 0.573 e. The molecule has 2 aliphatic rings. The summed E-state index contributed by atoms with van der Waals surface area (Å²) in [7, 11) is 0. The summed E-state index contributed by atoms with van der Waals surface area (Å²) < 4.78 is 40.3. The zero-order valence-electron chi connectivity index (χ0n) is 16.0. The molecule has 1 unspecified atom stereocenters. The number of carbonyl (C=O) groups is 2. The zero-order chi connectivity index (χ0) is 20.9. The van der Waals surface area contributed by atoms with Gasteiger partial charge in [-0.3, -0.25) is 14.5 Å². The average Bonchev–Trinajstić information content (AvgIpc) is 2.69. The van der Waals surface area contributed by atoms with E-state index in [0.717, 1.165) is 31.4 Å². The standard InChI is InChI=1S/C20H24F3N3O3/c21-20(22,23)29-17-8-6-16(7-9-17)24-18(27)14-25-10-12-26(13-11-25)19(28)15-4-2-1-3-5-15/h1-2,6-9,15H,3-5,10-14H2,(H,24,27). The summed E-state index contributed by atoms with van der Waals surface area (Å²) in [4.78, 5) is 28.6. The van der Waals surface area contributed by atoms with E-state index in [1.165, 1.54) is 12.1 Å². The van der Waals surface area contributed by atoms with Gasteiger partial charge in [-0.05, 0) is 43.5 Å². The van der Waals surface area contributed by atoms with E-state index in [1.54, 1.807) is 0 Å². The lowest BCUT2D eigenvalue weighted by Crippen LogP contribution is -2.51. The Balaban J connectivity index is 1.41. The van der Waals surface area contributed by atoms with Crippen LogP contribution in [-0.4, -0.2) is 60.7 Å². The highest BCUT2D eigenvalue weighted by Gasteiger charge is 2.31. The number of hydrogen-bond acceptors (Lipinski definition) is 4. The number of halogens is 3. The van der Waals surface area contributed by atoms with Crippen LogP contribution in [0.3, 0.4) is 0 Å². The zero-order valence-corrected chi connectivity index (χ0v) is 16.0. The average molecular weight is 411 g/mol. The second kappa shape index (κ2) is 9.30. The maximum atomic E-state index is 12.6. The second-order valence-electron chi connectivity index (χ2n) is 7.20. The fraction of sp³-hybridized carbons (Fsp3) is 0.500. The lowest BCUT2D eigenvalue weighted by molar-refractivity contribution is -0.274. The molecule has 158 valence electrons. The van der Waals surface area contributed by atoms with Crippen molar-refractivity contribution in [3.8, 4) is 5.75 Å². The number of piperazine rings is 1. The number of hydrogen-bond donors (Lipinski definition) is 1. The number of carbonyl (C=O) groups excluding carboxylic acids is 2. The minimum Gasteiger partial charge on any atom is -0.406 e. The van der Waals surface area contributed by atoms with Gasteiger partial charge in [0.1, 0.15) is 5.75 Å². The maximum absolute atomic E-state index is 12.6. The monoisotopic (exact) mass is 411 g/mol. The molecule has 1 fully saturated rings. The molecule has 1 atom stereocenters. The van der Waals surface area contributed by atoms with Crippen LogP contribution in [0, 0.1) is 5.92 Å². The smallest absolute Gasteiger partial charge is 0.406 e. The molecule has 29 heavy (non-hydrogen) atoms. The van der Waals surface area contributed by atoms with Gasteiger partial charge in [0.25, 0.3) is 0 Å². The fourth-order valence-electron chi connectivity index (χ4n) is 3.55. The van der Waals surface area contributed by atoms with Crippen LogP contribution in [0.1, 0.15) is 19.3 Å². The molecule has 1 aliphatic carbocycles. The third-order valence-electron chi connectivity index (χ3n) is 5.04. The lowest BCUT2D eigenvalue weighted by Gasteiger charge is -2.36. The number of anilines is 1. The van der Waals surface area contributed by atoms with Crippen molar-refractivity contribution >= 4 is 17.5 Å². The SMILES string of the molecule is O=C(CN1CCN(C(=O)C2CC=CCC2)CC1)Nc1ccc(OC(F)(F)F)cc1. The van der Waals surface area contributed by atoms with Gasteiger partial charge in [0.2, 0.25) is 11.8 Å². The summed E-state index contributed by atoms with van der Waals surface area (Å²) in [5.74, 6) is -0.338. The van der Waals surface area contributed by atoms with E-state index in [2.05, 4.69) is 22.2 Å². The first-order valence-electron chi connectivity index (χ1n) is 9.62. The largest absolute Gasteiger partial charge is 0.573 e. The highest BCUT2D eigenvalue weighted by atomic mass is 19.4. The van der Waals surface area contributed by atoms with Crippen LogP contribution < -0.4 is 10.1 Å². The third-order valence-corrected chi connectivity index (χ3v) is 5.04. The van der Waals surface area contributed by atoms with Crippen LogP contribution in [0.5, 0.6) is 5.75 Å². The fourth-order valence-corrected chi connectivity index (χ4v) is 3.55. The summed E-state index contributed by atoms with van der Waals surface area (Å²) in [6, 6.07) is 5.00. The van der Waals surface area contributed by atoms with E-state index in [9.17, 15) is 22.8 Å². The Hall–Kier alpha value is -2.55. The normalized spacial score (nSPS) is 20.4. The number of allylic oxidation sites excluding steroid dienone is 2. The van der Waals surface area contributed by atoms with Crippen molar-refractivity contribution in [1.29, 1.82) is 0 Å². The summed E-state index contributed by atoms with van der Waals surface area (Å²) in [6.07, 6.45) is 2.06. The van der Waals surface area contributed by atoms with Gasteiger partial charge < -0.3 is 15.0 Å². The highest BCUT2D eigenvalue weighted by Crippen LogP contribution is 2.24. The number of alkyl halides is 3. The molecule has 1 heterocycles. The first-order valence-corrected chi connectivity index (χ1v) is 9.62. The number of benzene rings is 1. The van der Waals surface area contributed by atoms with Crippen LogP contribution in [0.15, 0.2) is 36.4 Å². The molecule has 0 aromatic heterocycles. The highest BCUT2D eigenvalue weighted by molar-refractivity contribution is 5.92. The van der Waals surface area contributed by atoms with Gasteiger partial charge in [0.15, 0.2) is 0 Å². The molecule has 0 spiro atoms. The Morgan fingerprint density at radius 3 is 2.34 bits per heavy atom. The van der Waals surface area contributed by atoms with Crippen LogP contribution >= 0.6 is 0 Å². The van der Waals surface area contributed by atoms with Crippen molar-refractivity contribution in [1.82, 2.24) is 9.80 Å². The molecule has 1 aromatic rings. The summed E-state index contributed by atoms with van der Waals surface area (Å²) in [5, 5.41) is 2.66. The minimum atomic E-state index is -4.75. The van der Waals surface area contributed by atoms with E-state index in [0.29, 0.717) is 31.9 Å². The summed E-state index contributed by atoms with van der Waals surface area (Å²) in [6.45, 7) is 2.57. The molecule has 2 amide bonds. The van der Waals surface area contributed by atoms with Gasteiger partial charge in [-0.15, -0.1) is 13.2 Å². The molecule has 0 radical (unpaired) electrons. The van der Waals surface area contributed by atoms with Crippen molar-refractivity contribution in [2.75, 3.05) is 38.0 Å². The van der Waals surface area contributed by atoms with E-state index < -0.39 is 6.36 Å². The molecule has 3 rings (SSSR count). The number of ether oxygens (including phenoxy) is 1. The Kier molecular flexibility index (Phi) is 6.79. The number of amides is 2. The van der Waals surface area contributed by atoms with Crippen molar-refractivity contribution in [3.05, 3.63) is 36.4 Å². The molecule has 1 aliphatic heterocycles. The quantitative estimate of drug-likeness (QED) is 0.757. The molecule has 1 saturated heterocycles. The van der Waals surface area contributed by atoms with E-state index in [1.807, 2.05) is 9.80 Å². The van der Waals surface area contributed by atoms with Crippen LogP contribution in [0.25, 0.3) is 0 Å². The van der Waals surface area contributed by atoms with Gasteiger partial charge in [0, 0.05) is 37.8 Å². The molecular weight excluding hydrogens is 387 g/mol. The lowest BCUT2D eigenvalue weighted by atomic mass is 9.93. The Morgan fingerprint density at radius 2 is 1.76 bits per heavy atom. The predicted octanol–water partition coefficient (Wildman–Crippen LogP) is 3.02. The third kappa shape index (κ3) is 6.49. The van der Waals surface area contributed by atoms with Gasteiger partial charge in [0.05, 0.1) is 6.54 Å². The van der Waals surface area contributed by atoms with Crippen LogP contribution in [0.2, 0.25) is 0 Å². The van der Waals surface area contributed by atoms with E-state index >= 15 is 0 Å². The molecule has 9 heteroatoms. The van der Waals surface area contributed by atoms with Gasteiger partial charge in [-0.25, -0.2) is 0 Å². The Morgan fingerprint density at radius 1 is 1.07 bits per heavy atom. The van der Waals surface area contributed by atoms with Crippen LogP contribution in [-0.2, 0) is 9.59 Å². The summed E-state index contributed by atoms with van der Waals surface area (Å²) >= 11 is 0. The number of nitrogens with one attached hydrogen (secondary N) is 1. The number of rotatable bonds is 5. The molecule has 0 bridgehead atoms. The van der Waals surface area contributed by atoms with Crippen molar-refractivity contribution in [3.63, 3.8) is 0 Å². The van der Waals surface area contributed by atoms with Crippen molar-refractivity contribution in [2.45, 2.75) is 25.6 Å². The molecule has 1 aromatic carbocycles. The second-order valence-corrected chi connectivity index (χ2v) is 7.20. The Bertz CT molecular complexity index is 742. The van der Waals surface area contributed by atoms with Gasteiger partial charge >= 0.3 is 6.36 Å². The molecule has 0 saturated carbocycles. The van der Waals surface area contributed by atoms with E-state index in [4.69, 9.17) is 0 Å².